The summed E-state index contributed by atoms with van der Waals surface area (Å²) < 4.78 is 13.8. The molecule has 0 saturated heterocycles. The minimum atomic E-state index is -0.0871. The molecule has 2 aliphatic carbocycles. The number of halogens is 1. The van der Waals surface area contributed by atoms with Crippen LogP contribution in [0.2, 0.25) is 0 Å². The van der Waals surface area contributed by atoms with Crippen molar-refractivity contribution < 1.29 is 40.0 Å². The zero-order valence-corrected chi connectivity index (χ0v) is 21.7. The Hall–Kier alpha value is 0.0848. The summed E-state index contributed by atoms with van der Waals surface area (Å²) in [4.78, 5) is 0. The van der Waals surface area contributed by atoms with Crippen molar-refractivity contribution in [3.63, 3.8) is 0 Å². The molecular weight excluding hydrogens is 470 g/mol. The van der Waals surface area contributed by atoms with E-state index in [0.717, 1.165) is 17.8 Å². The van der Waals surface area contributed by atoms with Crippen LogP contribution in [0.4, 0.5) is 4.39 Å². The van der Waals surface area contributed by atoms with E-state index in [1.165, 1.54) is 82.6 Å². The third kappa shape index (κ3) is 7.40. The van der Waals surface area contributed by atoms with Crippen molar-refractivity contribution in [3.8, 4) is 0 Å². The predicted molar refractivity (Wildman–Crippen MR) is 113 cm³/mol. The Balaban J connectivity index is 0.00000280. The second kappa shape index (κ2) is 12.7. The predicted octanol–water partition coefficient (Wildman–Crippen LogP) is 8.15. The Bertz CT molecular complexity index is 592. The summed E-state index contributed by atoms with van der Waals surface area (Å²) >= 11 is 0. The van der Waals surface area contributed by atoms with Gasteiger partial charge in [0.1, 0.15) is 0 Å². The van der Waals surface area contributed by atoms with Crippen LogP contribution >= 0.6 is 0 Å². The van der Waals surface area contributed by atoms with Gasteiger partial charge in [-0.05, 0) is 37.5 Å². The van der Waals surface area contributed by atoms with E-state index < -0.39 is 0 Å². The number of hydrogen-bond donors (Lipinski definition) is 0. The summed E-state index contributed by atoms with van der Waals surface area (Å²) in [5.74, 6) is 3.35. The fourth-order valence-electron chi connectivity index (χ4n) is 5.36. The summed E-state index contributed by atoms with van der Waals surface area (Å²) in [7, 11) is 0. The molecule has 0 unspecified atom stereocenters. The zero-order chi connectivity index (χ0) is 19.1. The van der Waals surface area contributed by atoms with Crippen molar-refractivity contribution in [2.45, 2.75) is 96.8 Å². The second-order valence-electron chi connectivity index (χ2n) is 9.23. The fraction of sp³-hybridized carbons (Fsp3) is 0.692. The summed E-state index contributed by atoms with van der Waals surface area (Å²) in [6.45, 7) is 3.92. The summed E-state index contributed by atoms with van der Waals surface area (Å²) in [6, 6.07) is 6.87. The molecule has 1 aromatic rings. The van der Waals surface area contributed by atoms with Gasteiger partial charge in [-0.2, -0.15) is 17.7 Å². The maximum atomic E-state index is 13.8. The molecule has 1 aromatic carbocycles. The molecule has 28 heavy (non-hydrogen) atoms. The molecule has 0 spiro atoms. The summed E-state index contributed by atoms with van der Waals surface area (Å²) in [5.41, 5.74) is 1.82. The maximum absolute atomic E-state index is 13.8. The quantitative estimate of drug-likeness (QED) is 0.258. The SMILES string of the molecule is C/C=C/CCC1CCC(CCC2CCC(c3c[c-]c(C)c(F)c3)CC2)CC1.[La]. The third-order valence-electron chi connectivity index (χ3n) is 7.35. The van der Waals surface area contributed by atoms with E-state index in [-0.39, 0.29) is 41.4 Å². The Kier molecular flexibility index (Phi) is 11.1. The van der Waals surface area contributed by atoms with Crippen LogP contribution in [0.15, 0.2) is 24.3 Å². The fourth-order valence-corrected chi connectivity index (χ4v) is 5.36. The van der Waals surface area contributed by atoms with Gasteiger partial charge in [0, 0.05) is 41.4 Å². The van der Waals surface area contributed by atoms with Crippen LogP contribution in [0.1, 0.15) is 101 Å². The number of benzene rings is 1. The molecule has 3 rings (SSSR count). The van der Waals surface area contributed by atoms with Crippen molar-refractivity contribution in [3.05, 3.63) is 47.3 Å². The smallest absolute Gasteiger partial charge is 0.0119 e. The number of allylic oxidation sites excluding steroid dienone is 2. The van der Waals surface area contributed by atoms with Crippen LogP contribution in [-0.2, 0) is 0 Å². The van der Waals surface area contributed by atoms with E-state index >= 15 is 0 Å². The number of rotatable bonds is 7. The third-order valence-corrected chi connectivity index (χ3v) is 7.35. The van der Waals surface area contributed by atoms with Crippen LogP contribution in [0.25, 0.3) is 0 Å². The molecule has 0 aliphatic heterocycles. The monoisotopic (exact) mass is 508 g/mol. The molecular formula is C26H38FLa-. The summed E-state index contributed by atoms with van der Waals surface area (Å²) in [6.07, 6.45) is 21.1. The molecule has 0 nitrogen and oxygen atoms in total. The Morgan fingerprint density at radius 2 is 1.46 bits per heavy atom. The van der Waals surface area contributed by atoms with Crippen molar-refractivity contribution in [1.82, 2.24) is 0 Å². The number of hydrogen-bond acceptors (Lipinski definition) is 0. The van der Waals surface area contributed by atoms with Gasteiger partial charge in [-0.25, -0.2) is 0 Å². The molecule has 0 aromatic heterocycles. The zero-order valence-electron chi connectivity index (χ0n) is 18.1. The molecule has 0 bridgehead atoms. The first kappa shape index (κ1) is 24.4. The van der Waals surface area contributed by atoms with Crippen LogP contribution in [0.3, 0.4) is 0 Å². The van der Waals surface area contributed by atoms with Crippen LogP contribution in [-0.4, -0.2) is 0 Å². The normalized spacial score (nSPS) is 28.2. The van der Waals surface area contributed by atoms with Gasteiger partial charge in [-0.3, -0.25) is 4.39 Å². The van der Waals surface area contributed by atoms with E-state index in [4.69, 9.17) is 0 Å². The van der Waals surface area contributed by atoms with Crippen molar-refractivity contribution in [2.24, 2.45) is 17.8 Å². The Morgan fingerprint density at radius 1 is 0.929 bits per heavy atom. The molecule has 0 amide bonds. The van der Waals surface area contributed by atoms with E-state index in [9.17, 15) is 4.39 Å². The van der Waals surface area contributed by atoms with Gasteiger partial charge >= 0.3 is 0 Å². The van der Waals surface area contributed by atoms with Gasteiger partial charge < -0.3 is 0 Å². The molecule has 0 heterocycles. The van der Waals surface area contributed by atoms with Gasteiger partial charge in [0.15, 0.2) is 0 Å². The average molecular weight is 508 g/mol. The molecule has 153 valence electrons. The van der Waals surface area contributed by atoms with Gasteiger partial charge in [0.25, 0.3) is 0 Å². The first-order valence-electron chi connectivity index (χ1n) is 11.4. The Morgan fingerprint density at radius 3 is 2.00 bits per heavy atom. The van der Waals surface area contributed by atoms with Gasteiger partial charge in [-0.15, -0.1) is 11.6 Å². The van der Waals surface area contributed by atoms with Gasteiger partial charge in [0.2, 0.25) is 0 Å². The van der Waals surface area contributed by atoms with E-state index in [0.29, 0.717) is 11.5 Å². The standard InChI is InChI=1S/C26H38F.La/c1-3-4-5-6-21-8-10-22(11-9-21)12-13-23-14-17-24(18-15-23)25-16-7-20(2)26(27)19-25;/h3-4,16,19,21-24H,5-6,8-15,17-18H2,1-2H3;/q-1;/b4-3+;. The first-order chi connectivity index (χ1) is 13.2. The van der Waals surface area contributed by atoms with Crippen LogP contribution in [0.5, 0.6) is 0 Å². The van der Waals surface area contributed by atoms with Crippen molar-refractivity contribution >= 4 is 0 Å². The van der Waals surface area contributed by atoms with Gasteiger partial charge in [0.05, 0.1) is 0 Å². The average Bonchev–Trinajstić information content (AvgIpc) is 2.70. The molecule has 2 heteroatoms. The molecule has 2 fully saturated rings. The van der Waals surface area contributed by atoms with Gasteiger partial charge in [-0.1, -0.05) is 89.2 Å². The molecule has 2 aliphatic rings. The second-order valence-corrected chi connectivity index (χ2v) is 9.23. The molecule has 2 saturated carbocycles. The van der Waals surface area contributed by atoms with Crippen molar-refractivity contribution in [2.75, 3.05) is 0 Å². The van der Waals surface area contributed by atoms with Crippen LogP contribution in [0, 0.1) is 72.2 Å². The minimum absolute atomic E-state index is 0. The topological polar surface area (TPSA) is 0 Å². The number of aryl methyl sites for hydroxylation is 1. The largest absolute Gasteiger partial charge is 0.284 e. The maximum Gasteiger partial charge on any atom is 0.0119 e. The molecule has 0 atom stereocenters. The molecule has 0 N–H and O–H groups in total. The minimum Gasteiger partial charge on any atom is -0.284 e. The van der Waals surface area contributed by atoms with Crippen LogP contribution < -0.4 is 0 Å². The van der Waals surface area contributed by atoms with Crippen molar-refractivity contribution in [1.29, 1.82) is 0 Å². The van der Waals surface area contributed by atoms with E-state index in [2.05, 4.69) is 25.1 Å². The first-order valence-corrected chi connectivity index (χ1v) is 11.4. The Labute approximate surface area is 200 Å². The summed E-state index contributed by atoms with van der Waals surface area (Å²) in [5, 5.41) is 0. The molecule has 1 radical (unpaired) electrons. The van der Waals surface area contributed by atoms with E-state index in [1.54, 1.807) is 13.0 Å². The van der Waals surface area contributed by atoms with E-state index in [1.807, 2.05) is 6.07 Å².